The van der Waals surface area contributed by atoms with E-state index in [1.165, 1.54) is 4.31 Å². The van der Waals surface area contributed by atoms with Gasteiger partial charge < -0.3 is 4.74 Å². The number of carbonyl (C=O) groups is 1. The smallest absolute Gasteiger partial charge is 0.324 e. The molecule has 7 heteroatoms. The van der Waals surface area contributed by atoms with Crippen molar-refractivity contribution < 1.29 is 17.9 Å². The van der Waals surface area contributed by atoms with Crippen molar-refractivity contribution in [3.63, 3.8) is 0 Å². The molecule has 1 aliphatic heterocycles. The summed E-state index contributed by atoms with van der Waals surface area (Å²) in [5.41, 5.74) is -0.627. The molecule has 5 nitrogen and oxygen atoms in total. The van der Waals surface area contributed by atoms with Crippen LogP contribution in [0.15, 0.2) is 29.2 Å². The second-order valence-electron chi connectivity index (χ2n) is 6.26. The lowest BCUT2D eigenvalue weighted by molar-refractivity contribution is -0.158. The summed E-state index contributed by atoms with van der Waals surface area (Å²) in [5, 5.41) is 0. The van der Waals surface area contributed by atoms with E-state index in [4.69, 9.17) is 4.74 Å². The molecular formula is C15H20INO4S. The number of carbonyl (C=O) groups excluding carboxylic acids is 1. The number of esters is 1. The van der Waals surface area contributed by atoms with Crippen LogP contribution >= 0.6 is 22.6 Å². The van der Waals surface area contributed by atoms with Crippen molar-refractivity contribution in [1.29, 1.82) is 0 Å². The van der Waals surface area contributed by atoms with Crippen LogP contribution in [0.3, 0.4) is 0 Å². The third-order valence-electron chi connectivity index (χ3n) is 3.30. The van der Waals surface area contributed by atoms with Crippen molar-refractivity contribution in [2.75, 3.05) is 6.54 Å². The van der Waals surface area contributed by atoms with Crippen LogP contribution < -0.4 is 0 Å². The van der Waals surface area contributed by atoms with Crippen molar-refractivity contribution >= 4 is 38.6 Å². The normalized spacial score (nSPS) is 20.1. The van der Waals surface area contributed by atoms with Gasteiger partial charge >= 0.3 is 5.97 Å². The fraction of sp³-hybridized carbons (Fsp3) is 0.533. The Morgan fingerprint density at radius 3 is 2.41 bits per heavy atom. The highest BCUT2D eigenvalue weighted by Gasteiger charge is 2.41. The third-order valence-corrected chi connectivity index (χ3v) is 5.94. The van der Waals surface area contributed by atoms with E-state index in [-0.39, 0.29) is 4.90 Å². The number of benzene rings is 1. The van der Waals surface area contributed by atoms with Crippen molar-refractivity contribution in [3.8, 4) is 0 Å². The van der Waals surface area contributed by atoms with E-state index in [0.717, 1.165) is 3.57 Å². The molecule has 0 spiro atoms. The van der Waals surface area contributed by atoms with Crippen LogP contribution in [0.2, 0.25) is 0 Å². The second kappa shape index (κ2) is 6.45. The van der Waals surface area contributed by atoms with E-state index in [1.807, 2.05) is 0 Å². The molecule has 1 saturated heterocycles. The van der Waals surface area contributed by atoms with E-state index >= 15 is 0 Å². The quantitative estimate of drug-likeness (QED) is 0.539. The van der Waals surface area contributed by atoms with Crippen molar-refractivity contribution in [3.05, 3.63) is 27.8 Å². The summed E-state index contributed by atoms with van der Waals surface area (Å²) < 4.78 is 33.1. The standard InChI is InChI=1S/C15H20INO4S/c1-15(2,3)21-14(18)13-5-4-10-17(13)22(19,20)12-8-6-11(16)7-9-12/h6-9,13H,4-5,10H2,1-3H3/t13-/m1/s1. The van der Waals surface area contributed by atoms with Crippen LogP contribution in [0.1, 0.15) is 33.6 Å². The molecule has 2 rings (SSSR count). The molecule has 1 heterocycles. The fourth-order valence-corrected chi connectivity index (χ4v) is 4.38. The van der Waals surface area contributed by atoms with Crippen molar-refractivity contribution in [2.45, 2.75) is 50.2 Å². The first-order valence-corrected chi connectivity index (χ1v) is 9.63. The zero-order chi connectivity index (χ0) is 16.5. The Kier molecular flexibility index (Phi) is 5.18. The lowest BCUT2D eigenvalue weighted by Crippen LogP contribution is -2.43. The highest BCUT2D eigenvalue weighted by Crippen LogP contribution is 2.28. The molecule has 1 aromatic rings. The maximum atomic E-state index is 12.7. The summed E-state index contributed by atoms with van der Waals surface area (Å²) in [6, 6.07) is 5.89. The monoisotopic (exact) mass is 437 g/mol. The fourth-order valence-electron chi connectivity index (χ4n) is 2.38. The summed E-state index contributed by atoms with van der Waals surface area (Å²) in [4.78, 5) is 12.5. The Hall–Kier alpha value is -0.670. The minimum atomic E-state index is -3.68. The van der Waals surface area contributed by atoms with Gasteiger partial charge in [-0.1, -0.05) is 0 Å². The average Bonchev–Trinajstić information content (AvgIpc) is 2.87. The van der Waals surface area contributed by atoms with Gasteiger partial charge in [-0.2, -0.15) is 4.31 Å². The lowest BCUT2D eigenvalue weighted by Gasteiger charge is -2.27. The molecular weight excluding hydrogens is 417 g/mol. The zero-order valence-corrected chi connectivity index (χ0v) is 15.8. The summed E-state index contributed by atoms with van der Waals surface area (Å²) >= 11 is 2.12. The van der Waals surface area contributed by atoms with Crippen molar-refractivity contribution in [2.24, 2.45) is 0 Å². The largest absolute Gasteiger partial charge is 0.459 e. The molecule has 0 radical (unpaired) electrons. The predicted molar refractivity (Wildman–Crippen MR) is 91.9 cm³/mol. The number of hydrogen-bond acceptors (Lipinski definition) is 4. The van der Waals surface area contributed by atoms with E-state index < -0.39 is 27.6 Å². The van der Waals surface area contributed by atoms with Gasteiger partial charge in [0.1, 0.15) is 11.6 Å². The van der Waals surface area contributed by atoms with E-state index in [1.54, 1.807) is 45.0 Å². The molecule has 0 aromatic heterocycles. The highest BCUT2D eigenvalue weighted by atomic mass is 127. The summed E-state index contributed by atoms with van der Waals surface area (Å²) in [6.45, 7) is 5.67. The molecule has 0 bridgehead atoms. The molecule has 1 aliphatic rings. The van der Waals surface area contributed by atoms with Crippen LogP contribution in [-0.2, 0) is 19.6 Å². The van der Waals surface area contributed by atoms with Gasteiger partial charge in [-0.25, -0.2) is 8.42 Å². The minimum absolute atomic E-state index is 0.211. The molecule has 1 aromatic carbocycles. The number of sulfonamides is 1. The van der Waals surface area contributed by atoms with E-state index in [9.17, 15) is 13.2 Å². The molecule has 0 N–H and O–H groups in total. The van der Waals surface area contributed by atoms with Gasteiger partial charge in [0.2, 0.25) is 10.0 Å². The van der Waals surface area contributed by atoms with Gasteiger partial charge in [-0.15, -0.1) is 0 Å². The van der Waals surface area contributed by atoms with Crippen LogP contribution in [0.25, 0.3) is 0 Å². The molecule has 1 atom stereocenters. The number of ether oxygens (including phenoxy) is 1. The van der Waals surface area contributed by atoms with Crippen molar-refractivity contribution in [1.82, 2.24) is 4.31 Å². The Morgan fingerprint density at radius 1 is 1.27 bits per heavy atom. The van der Waals surface area contributed by atoms with E-state index in [2.05, 4.69) is 22.6 Å². The third kappa shape index (κ3) is 3.99. The molecule has 0 unspecified atom stereocenters. The highest BCUT2D eigenvalue weighted by molar-refractivity contribution is 14.1. The van der Waals surface area contributed by atoms with Crippen LogP contribution in [0.4, 0.5) is 0 Å². The first-order chi connectivity index (χ1) is 10.1. The maximum Gasteiger partial charge on any atom is 0.324 e. The van der Waals surface area contributed by atoms with Gasteiger partial charge in [-0.05, 0) is 80.5 Å². The zero-order valence-electron chi connectivity index (χ0n) is 12.9. The Bertz CT molecular complexity index is 649. The Balaban J connectivity index is 2.26. The second-order valence-corrected chi connectivity index (χ2v) is 9.40. The average molecular weight is 437 g/mol. The van der Waals surface area contributed by atoms with Crippen LogP contribution in [-0.4, -0.2) is 36.9 Å². The number of nitrogens with zero attached hydrogens (tertiary/aromatic N) is 1. The minimum Gasteiger partial charge on any atom is -0.459 e. The molecule has 0 aliphatic carbocycles. The van der Waals surface area contributed by atoms with Gasteiger partial charge in [0.05, 0.1) is 4.90 Å². The molecule has 0 amide bonds. The molecule has 1 fully saturated rings. The number of hydrogen-bond donors (Lipinski definition) is 0. The lowest BCUT2D eigenvalue weighted by atomic mass is 10.2. The predicted octanol–water partition coefficient (Wildman–Crippen LogP) is 2.79. The van der Waals surface area contributed by atoms with Gasteiger partial charge in [0, 0.05) is 10.1 Å². The van der Waals surface area contributed by atoms with Crippen LogP contribution in [0.5, 0.6) is 0 Å². The first kappa shape index (κ1) is 17.7. The molecule has 0 saturated carbocycles. The topological polar surface area (TPSA) is 63.7 Å². The number of rotatable bonds is 3. The summed E-state index contributed by atoms with van der Waals surface area (Å²) in [7, 11) is -3.68. The first-order valence-electron chi connectivity index (χ1n) is 7.11. The number of halogens is 1. The SMILES string of the molecule is CC(C)(C)OC(=O)[C@H]1CCCN1S(=O)(=O)c1ccc(I)cc1. The van der Waals surface area contributed by atoms with Gasteiger partial charge in [0.25, 0.3) is 0 Å². The van der Waals surface area contributed by atoms with Gasteiger partial charge in [0.15, 0.2) is 0 Å². The molecule has 122 valence electrons. The van der Waals surface area contributed by atoms with Gasteiger partial charge in [-0.3, -0.25) is 4.79 Å². The summed E-state index contributed by atoms with van der Waals surface area (Å²) in [5.74, 6) is -0.473. The Labute approximate surface area is 145 Å². The van der Waals surface area contributed by atoms with Crippen LogP contribution in [0, 0.1) is 3.57 Å². The van der Waals surface area contributed by atoms with E-state index in [0.29, 0.717) is 19.4 Å². The summed E-state index contributed by atoms with van der Waals surface area (Å²) in [6.07, 6.45) is 1.16. The molecule has 22 heavy (non-hydrogen) atoms. The maximum absolute atomic E-state index is 12.7. The Morgan fingerprint density at radius 2 is 1.86 bits per heavy atom.